The van der Waals surface area contributed by atoms with E-state index in [1.807, 2.05) is 6.92 Å². The van der Waals surface area contributed by atoms with E-state index >= 15 is 0 Å². The number of carbonyl (C=O) groups excluding carboxylic acids is 1. The molecular formula is C25H20F5N3O4. The number of benzene rings is 1. The number of alkyl halides is 5. The summed E-state index contributed by atoms with van der Waals surface area (Å²) in [6, 6.07) is 6.86. The maximum atomic E-state index is 13.5. The maximum absolute atomic E-state index is 13.5. The first kappa shape index (κ1) is 24.0. The lowest BCUT2D eigenvalue weighted by atomic mass is 9.68. The van der Waals surface area contributed by atoms with Crippen molar-refractivity contribution in [2.24, 2.45) is 10.2 Å². The molecule has 3 atom stereocenters. The number of rotatable bonds is 4. The Morgan fingerprint density at radius 1 is 1.08 bits per heavy atom. The SMILES string of the molecule is CC(c1ccc2c(c1)OC(F)(F)O2)C1(c2cc(C3CCC4=C(C(F)(F)F)N=NC4C3=O)ccn2)COC1. The number of hydrogen-bond acceptors (Lipinski definition) is 7. The van der Waals surface area contributed by atoms with E-state index < -0.39 is 41.3 Å². The highest BCUT2D eigenvalue weighted by Gasteiger charge is 2.50. The molecule has 2 aromatic rings. The number of fused-ring (bicyclic) bond motifs is 2. The van der Waals surface area contributed by atoms with Gasteiger partial charge in [-0.25, -0.2) is 0 Å². The number of Topliss-reactive ketones (excluding diaryl/α,β-unsaturated/α-hetero) is 1. The minimum Gasteiger partial charge on any atom is -0.395 e. The Kier molecular flexibility index (Phi) is 5.21. The number of aromatic nitrogens is 1. The van der Waals surface area contributed by atoms with Gasteiger partial charge in [-0.2, -0.15) is 18.3 Å². The molecule has 0 amide bonds. The van der Waals surface area contributed by atoms with Crippen LogP contribution in [0.25, 0.3) is 0 Å². The molecular weight excluding hydrogens is 501 g/mol. The lowest BCUT2D eigenvalue weighted by Crippen LogP contribution is -2.51. The van der Waals surface area contributed by atoms with Gasteiger partial charge in [0.15, 0.2) is 29.0 Å². The molecule has 1 saturated heterocycles. The van der Waals surface area contributed by atoms with E-state index in [0.717, 1.165) is 0 Å². The molecule has 0 bridgehead atoms. The molecule has 7 nitrogen and oxygen atoms in total. The summed E-state index contributed by atoms with van der Waals surface area (Å²) in [4.78, 5) is 17.7. The molecule has 0 spiro atoms. The summed E-state index contributed by atoms with van der Waals surface area (Å²) in [5, 5.41) is 6.90. The molecule has 4 heterocycles. The Bertz CT molecular complexity index is 1350. The van der Waals surface area contributed by atoms with Crippen LogP contribution in [0.1, 0.15) is 48.4 Å². The number of ketones is 1. The van der Waals surface area contributed by atoms with E-state index in [9.17, 15) is 26.7 Å². The number of carbonyl (C=O) groups is 1. The van der Waals surface area contributed by atoms with Gasteiger partial charge in [0, 0.05) is 12.1 Å². The first-order valence-electron chi connectivity index (χ1n) is 11.7. The molecule has 3 aliphatic heterocycles. The molecule has 2 fully saturated rings. The summed E-state index contributed by atoms with van der Waals surface area (Å²) in [7, 11) is 0. The molecule has 3 unspecified atom stereocenters. The highest BCUT2D eigenvalue weighted by Crippen LogP contribution is 2.49. The van der Waals surface area contributed by atoms with Gasteiger partial charge in [-0.1, -0.05) is 13.0 Å². The normalized spacial score (nSPS) is 26.2. The van der Waals surface area contributed by atoms with Crippen LogP contribution in [0.5, 0.6) is 11.5 Å². The fraction of sp³-hybridized carbons (Fsp3) is 0.440. The topological polar surface area (TPSA) is 82.4 Å². The third-order valence-electron chi connectivity index (χ3n) is 7.66. The molecule has 12 heteroatoms. The fourth-order valence-corrected chi connectivity index (χ4v) is 5.50. The summed E-state index contributed by atoms with van der Waals surface area (Å²) in [5.41, 5.74) is 0.240. The molecule has 194 valence electrons. The van der Waals surface area contributed by atoms with Gasteiger partial charge >= 0.3 is 12.5 Å². The maximum Gasteiger partial charge on any atom is 0.586 e. The molecule has 1 aromatic carbocycles. The van der Waals surface area contributed by atoms with Gasteiger partial charge < -0.3 is 14.2 Å². The van der Waals surface area contributed by atoms with E-state index in [1.54, 1.807) is 24.4 Å². The van der Waals surface area contributed by atoms with Crippen LogP contribution >= 0.6 is 0 Å². The van der Waals surface area contributed by atoms with Crippen molar-refractivity contribution in [2.75, 3.05) is 13.2 Å². The van der Waals surface area contributed by atoms with Gasteiger partial charge in [0.25, 0.3) is 0 Å². The number of nitrogens with zero attached hydrogens (tertiary/aromatic N) is 3. The van der Waals surface area contributed by atoms with Crippen LogP contribution in [0.2, 0.25) is 0 Å². The van der Waals surface area contributed by atoms with Crippen molar-refractivity contribution in [2.45, 2.75) is 55.5 Å². The summed E-state index contributed by atoms with van der Waals surface area (Å²) in [6.07, 6.45) is -6.55. The quantitative estimate of drug-likeness (QED) is 0.492. The van der Waals surface area contributed by atoms with Crippen molar-refractivity contribution in [3.05, 3.63) is 64.6 Å². The second-order valence-corrected chi connectivity index (χ2v) is 9.70. The number of hydrogen-bond donors (Lipinski definition) is 0. The van der Waals surface area contributed by atoms with E-state index in [2.05, 4.69) is 24.7 Å². The molecule has 1 saturated carbocycles. The molecule has 6 rings (SSSR count). The molecule has 0 N–H and O–H groups in total. The van der Waals surface area contributed by atoms with Crippen LogP contribution < -0.4 is 9.47 Å². The fourth-order valence-electron chi connectivity index (χ4n) is 5.50. The van der Waals surface area contributed by atoms with Crippen molar-refractivity contribution in [1.29, 1.82) is 0 Å². The zero-order chi connectivity index (χ0) is 26.2. The predicted octanol–water partition coefficient (Wildman–Crippen LogP) is 5.57. The minimum atomic E-state index is -4.65. The first-order chi connectivity index (χ1) is 17.5. The van der Waals surface area contributed by atoms with Gasteiger partial charge in [0.2, 0.25) is 0 Å². The third-order valence-corrected chi connectivity index (χ3v) is 7.66. The van der Waals surface area contributed by atoms with Crippen LogP contribution in [-0.4, -0.2) is 42.5 Å². The van der Waals surface area contributed by atoms with Gasteiger partial charge in [0.05, 0.1) is 24.3 Å². The van der Waals surface area contributed by atoms with Crippen LogP contribution in [0.4, 0.5) is 22.0 Å². The third kappa shape index (κ3) is 3.80. The standard InChI is InChI=1S/C25H20F5N3O4/c1-12(13-2-5-17-18(8-13)37-25(29,30)36-17)23(10-35-11-23)19-9-14(6-7-31-19)15-3-4-16-20(21(15)34)32-33-22(16)24(26,27)28/h2,5-9,12,15,20H,3-4,10-11H2,1H3. The van der Waals surface area contributed by atoms with Crippen molar-refractivity contribution >= 4 is 5.78 Å². The highest BCUT2D eigenvalue weighted by atomic mass is 19.4. The molecule has 1 aromatic heterocycles. The number of ether oxygens (including phenoxy) is 3. The van der Waals surface area contributed by atoms with Gasteiger partial charge in [-0.3, -0.25) is 9.78 Å². The number of pyridine rings is 1. The Morgan fingerprint density at radius 3 is 2.54 bits per heavy atom. The summed E-state index contributed by atoms with van der Waals surface area (Å²) in [5.74, 6) is -1.43. The Balaban J connectivity index is 1.29. The summed E-state index contributed by atoms with van der Waals surface area (Å²) >= 11 is 0. The molecule has 0 radical (unpaired) electrons. The smallest absolute Gasteiger partial charge is 0.395 e. The van der Waals surface area contributed by atoms with Crippen molar-refractivity contribution < 1.29 is 41.0 Å². The second kappa shape index (κ2) is 8.04. The molecule has 4 aliphatic rings. The lowest BCUT2D eigenvalue weighted by Gasteiger charge is -2.46. The largest absolute Gasteiger partial charge is 0.586 e. The second-order valence-electron chi connectivity index (χ2n) is 9.70. The van der Waals surface area contributed by atoms with Crippen molar-refractivity contribution in [3.63, 3.8) is 0 Å². The number of allylic oxidation sites excluding steroid dienone is 1. The highest BCUT2D eigenvalue weighted by molar-refractivity contribution is 5.94. The van der Waals surface area contributed by atoms with Crippen molar-refractivity contribution in [1.82, 2.24) is 4.98 Å². The monoisotopic (exact) mass is 521 g/mol. The summed E-state index contributed by atoms with van der Waals surface area (Å²) < 4.78 is 81.3. The average molecular weight is 521 g/mol. The molecule has 37 heavy (non-hydrogen) atoms. The van der Waals surface area contributed by atoms with Crippen LogP contribution in [-0.2, 0) is 14.9 Å². The van der Waals surface area contributed by atoms with Gasteiger partial charge in [0.1, 0.15) is 0 Å². The van der Waals surface area contributed by atoms with Crippen molar-refractivity contribution in [3.8, 4) is 11.5 Å². The van der Waals surface area contributed by atoms with Crippen LogP contribution in [0, 0.1) is 0 Å². The van der Waals surface area contributed by atoms with Crippen LogP contribution in [0.3, 0.4) is 0 Å². The number of azo groups is 1. The Labute approximate surface area is 207 Å². The number of halogens is 5. The zero-order valence-electron chi connectivity index (χ0n) is 19.4. The Morgan fingerprint density at radius 2 is 1.84 bits per heavy atom. The minimum absolute atomic E-state index is 0.0537. The zero-order valence-corrected chi connectivity index (χ0v) is 19.4. The summed E-state index contributed by atoms with van der Waals surface area (Å²) in [6.45, 7) is 2.55. The lowest BCUT2D eigenvalue weighted by molar-refractivity contribution is -0.286. The van der Waals surface area contributed by atoms with Gasteiger partial charge in [-0.05, 0) is 59.7 Å². The molecule has 1 aliphatic carbocycles. The first-order valence-corrected chi connectivity index (χ1v) is 11.7. The van der Waals surface area contributed by atoms with E-state index in [4.69, 9.17) is 4.74 Å². The van der Waals surface area contributed by atoms with Crippen LogP contribution in [0.15, 0.2) is 58.0 Å². The predicted molar refractivity (Wildman–Crippen MR) is 117 cm³/mol. The van der Waals surface area contributed by atoms with E-state index in [1.165, 1.54) is 12.1 Å². The van der Waals surface area contributed by atoms with E-state index in [0.29, 0.717) is 30.0 Å². The Hall–Kier alpha value is -3.41. The van der Waals surface area contributed by atoms with Gasteiger partial charge in [-0.15, -0.1) is 13.9 Å². The van der Waals surface area contributed by atoms with E-state index in [-0.39, 0.29) is 35.8 Å². The average Bonchev–Trinajstić information content (AvgIpc) is 3.38.